The first-order valence-corrected chi connectivity index (χ1v) is 8.59. The third kappa shape index (κ3) is 4.44. The van der Waals surface area contributed by atoms with E-state index in [-0.39, 0.29) is 12.1 Å². The van der Waals surface area contributed by atoms with E-state index >= 15 is 0 Å². The number of hydrogen-bond acceptors (Lipinski definition) is 3. The third-order valence-corrected chi connectivity index (χ3v) is 4.76. The molecule has 3 nitrogen and oxygen atoms in total. The summed E-state index contributed by atoms with van der Waals surface area (Å²) in [6.07, 6.45) is 6.54. The van der Waals surface area contributed by atoms with Crippen molar-refractivity contribution in [2.75, 3.05) is 19.7 Å². The third-order valence-electron chi connectivity index (χ3n) is 4.76. The Labute approximate surface area is 125 Å². The Balaban J connectivity index is 1.99. The van der Waals surface area contributed by atoms with Gasteiger partial charge in [-0.3, -0.25) is 4.90 Å². The predicted octanol–water partition coefficient (Wildman–Crippen LogP) is 2.64. The molecule has 0 bridgehead atoms. The van der Waals surface area contributed by atoms with Gasteiger partial charge in [0.15, 0.2) is 0 Å². The van der Waals surface area contributed by atoms with E-state index < -0.39 is 0 Å². The number of nitrogens with zero attached hydrogens (tertiary/aromatic N) is 1. The first-order valence-electron chi connectivity index (χ1n) is 8.59. The van der Waals surface area contributed by atoms with Crippen LogP contribution in [0.4, 0.5) is 0 Å². The molecule has 2 aliphatic carbocycles. The molecule has 0 amide bonds. The van der Waals surface area contributed by atoms with Crippen molar-refractivity contribution in [2.45, 2.75) is 77.4 Å². The average molecular weight is 282 g/mol. The van der Waals surface area contributed by atoms with Gasteiger partial charge in [0.05, 0.1) is 12.1 Å². The van der Waals surface area contributed by atoms with Crippen LogP contribution in [0.25, 0.3) is 0 Å². The van der Waals surface area contributed by atoms with Gasteiger partial charge in [-0.25, -0.2) is 0 Å². The molecule has 0 heterocycles. The molecule has 0 aromatic carbocycles. The quantitative estimate of drug-likeness (QED) is 0.646. The minimum absolute atomic E-state index is 0.0618. The summed E-state index contributed by atoms with van der Waals surface area (Å²) in [6, 6.07) is 1.22. The second-order valence-corrected chi connectivity index (χ2v) is 7.77. The maximum absolute atomic E-state index is 10.1. The smallest absolute Gasteiger partial charge is 0.0628 e. The molecule has 0 aromatic rings. The standard InChI is InChI=1S/C17H34N2O/c1-13(2)9-10-19(16-7-8-16)11-17(12-20,15-5-6-15)18-14(3)4/h13-16,18,20H,5-12H2,1-4H3. The van der Waals surface area contributed by atoms with Crippen LogP contribution in [0.5, 0.6) is 0 Å². The first kappa shape index (κ1) is 16.3. The molecule has 118 valence electrons. The van der Waals surface area contributed by atoms with E-state index in [1.54, 1.807) is 0 Å². The van der Waals surface area contributed by atoms with Gasteiger partial charge in [-0.1, -0.05) is 27.7 Å². The summed E-state index contributed by atoms with van der Waals surface area (Å²) in [5.41, 5.74) is -0.0618. The molecule has 0 saturated heterocycles. The van der Waals surface area contributed by atoms with Crippen molar-refractivity contribution < 1.29 is 5.11 Å². The molecule has 2 fully saturated rings. The van der Waals surface area contributed by atoms with Crippen LogP contribution in [0.2, 0.25) is 0 Å². The van der Waals surface area contributed by atoms with Crippen LogP contribution in [0.15, 0.2) is 0 Å². The Kier molecular flexibility index (Phi) is 5.49. The molecule has 0 aromatic heterocycles. The van der Waals surface area contributed by atoms with E-state index in [0.29, 0.717) is 12.0 Å². The molecule has 0 radical (unpaired) electrons. The average Bonchev–Trinajstić information content (AvgIpc) is 3.24. The van der Waals surface area contributed by atoms with Crippen LogP contribution in [-0.4, -0.2) is 47.3 Å². The van der Waals surface area contributed by atoms with Crippen LogP contribution >= 0.6 is 0 Å². The molecule has 2 N–H and O–H groups in total. The molecule has 2 aliphatic rings. The van der Waals surface area contributed by atoms with Gasteiger partial charge in [-0.05, 0) is 50.5 Å². The Hall–Kier alpha value is -0.120. The zero-order valence-corrected chi connectivity index (χ0v) is 13.9. The summed E-state index contributed by atoms with van der Waals surface area (Å²) in [5, 5.41) is 13.8. The van der Waals surface area contributed by atoms with E-state index in [9.17, 15) is 5.11 Å². The number of nitrogens with one attached hydrogen (secondary N) is 1. The van der Waals surface area contributed by atoms with Crippen LogP contribution in [-0.2, 0) is 0 Å². The van der Waals surface area contributed by atoms with Crippen LogP contribution in [0.3, 0.4) is 0 Å². The zero-order chi connectivity index (χ0) is 14.8. The molecule has 2 rings (SSSR count). The van der Waals surface area contributed by atoms with Gasteiger partial charge in [0.25, 0.3) is 0 Å². The maximum Gasteiger partial charge on any atom is 0.0628 e. The summed E-state index contributed by atoms with van der Waals surface area (Å²) in [5.74, 6) is 1.44. The van der Waals surface area contributed by atoms with Crippen molar-refractivity contribution in [3.05, 3.63) is 0 Å². The fourth-order valence-electron chi connectivity index (χ4n) is 3.35. The summed E-state index contributed by atoms with van der Waals surface area (Å²) in [6.45, 7) is 11.5. The highest BCUT2D eigenvalue weighted by molar-refractivity contribution is 5.05. The van der Waals surface area contributed by atoms with Gasteiger partial charge in [0.2, 0.25) is 0 Å². The normalized spacial score (nSPS) is 22.8. The Morgan fingerprint density at radius 2 is 1.80 bits per heavy atom. The van der Waals surface area contributed by atoms with Crippen molar-refractivity contribution in [3.8, 4) is 0 Å². The summed E-state index contributed by atoms with van der Waals surface area (Å²) in [4.78, 5) is 2.66. The molecule has 0 spiro atoms. The van der Waals surface area contributed by atoms with E-state index in [4.69, 9.17) is 0 Å². The van der Waals surface area contributed by atoms with Crippen molar-refractivity contribution in [1.29, 1.82) is 0 Å². The number of aliphatic hydroxyl groups is 1. The van der Waals surface area contributed by atoms with Gasteiger partial charge in [0.1, 0.15) is 0 Å². The van der Waals surface area contributed by atoms with Crippen LogP contribution in [0.1, 0.15) is 59.8 Å². The van der Waals surface area contributed by atoms with Gasteiger partial charge < -0.3 is 10.4 Å². The molecule has 0 aliphatic heterocycles. The molecular formula is C17H34N2O. The molecule has 1 unspecified atom stereocenters. The Bertz CT molecular complexity index is 297. The lowest BCUT2D eigenvalue weighted by Gasteiger charge is -2.40. The minimum atomic E-state index is -0.0618. The van der Waals surface area contributed by atoms with E-state index in [1.165, 1.54) is 38.6 Å². The second-order valence-electron chi connectivity index (χ2n) is 7.77. The van der Waals surface area contributed by atoms with Crippen molar-refractivity contribution in [3.63, 3.8) is 0 Å². The largest absolute Gasteiger partial charge is 0.394 e. The van der Waals surface area contributed by atoms with E-state index in [0.717, 1.165) is 18.5 Å². The summed E-state index contributed by atoms with van der Waals surface area (Å²) >= 11 is 0. The first-order chi connectivity index (χ1) is 9.47. The Morgan fingerprint density at radius 1 is 1.15 bits per heavy atom. The number of hydrogen-bond donors (Lipinski definition) is 2. The van der Waals surface area contributed by atoms with Crippen molar-refractivity contribution >= 4 is 0 Å². The lowest BCUT2D eigenvalue weighted by molar-refractivity contribution is 0.0780. The second kappa shape index (κ2) is 6.76. The van der Waals surface area contributed by atoms with Crippen molar-refractivity contribution in [1.82, 2.24) is 10.2 Å². The van der Waals surface area contributed by atoms with Gasteiger partial charge in [0, 0.05) is 18.6 Å². The molecule has 1 atom stereocenters. The minimum Gasteiger partial charge on any atom is -0.394 e. The van der Waals surface area contributed by atoms with Crippen LogP contribution < -0.4 is 5.32 Å². The highest BCUT2D eigenvalue weighted by atomic mass is 16.3. The van der Waals surface area contributed by atoms with E-state index in [2.05, 4.69) is 37.9 Å². The van der Waals surface area contributed by atoms with Gasteiger partial charge in [-0.15, -0.1) is 0 Å². The van der Waals surface area contributed by atoms with Crippen molar-refractivity contribution in [2.24, 2.45) is 11.8 Å². The molecular weight excluding hydrogens is 248 g/mol. The fourth-order valence-corrected chi connectivity index (χ4v) is 3.35. The highest BCUT2D eigenvalue weighted by Crippen LogP contribution is 2.41. The summed E-state index contributed by atoms with van der Waals surface area (Å²) < 4.78 is 0. The molecule has 20 heavy (non-hydrogen) atoms. The monoisotopic (exact) mass is 282 g/mol. The maximum atomic E-state index is 10.1. The number of aliphatic hydroxyl groups excluding tert-OH is 1. The van der Waals surface area contributed by atoms with Crippen LogP contribution in [0, 0.1) is 11.8 Å². The predicted molar refractivity (Wildman–Crippen MR) is 84.9 cm³/mol. The lowest BCUT2D eigenvalue weighted by atomic mass is 9.91. The van der Waals surface area contributed by atoms with E-state index in [1.807, 2.05) is 0 Å². The number of rotatable bonds is 10. The Morgan fingerprint density at radius 3 is 2.20 bits per heavy atom. The molecule has 3 heteroatoms. The topological polar surface area (TPSA) is 35.5 Å². The highest BCUT2D eigenvalue weighted by Gasteiger charge is 2.47. The van der Waals surface area contributed by atoms with Gasteiger partial charge in [-0.2, -0.15) is 0 Å². The SMILES string of the molecule is CC(C)CCN(CC(CO)(NC(C)C)C1CC1)C1CC1. The molecule has 2 saturated carbocycles. The fraction of sp³-hybridized carbons (Fsp3) is 1.00. The lowest BCUT2D eigenvalue weighted by Crippen LogP contribution is -2.60. The zero-order valence-electron chi connectivity index (χ0n) is 13.9. The summed E-state index contributed by atoms with van der Waals surface area (Å²) in [7, 11) is 0. The van der Waals surface area contributed by atoms with Gasteiger partial charge >= 0.3 is 0 Å².